The topological polar surface area (TPSA) is 122 Å². The van der Waals surface area contributed by atoms with Gasteiger partial charge in [-0.05, 0) is 49.1 Å². The Morgan fingerprint density at radius 3 is 2.94 bits per heavy atom. The van der Waals surface area contributed by atoms with E-state index >= 15 is 0 Å². The molecule has 4 heterocycles. The molecule has 1 aliphatic heterocycles. The Morgan fingerprint density at radius 2 is 2.16 bits per heavy atom. The van der Waals surface area contributed by atoms with Crippen LogP contribution in [-0.2, 0) is 16.1 Å². The number of furan rings is 1. The van der Waals surface area contributed by atoms with E-state index in [2.05, 4.69) is 20.8 Å². The first-order valence-corrected chi connectivity index (χ1v) is 11.7. The highest BCUT2D eigenvalue weighted by Crippen LogP contribution is 2.20. The van der Waals surface area contributed by atoms with Gasteiger partial charge in [0, 0.05) is 12.6 Å². The Hall–Kier alpha value is -3.34. The van der Waals surface area contributed by atoms with Crippen LogP contribution in [0.4, 0.5) is 4.79 Å². The van der Waals surface area contributed by atoms with Crippen LogP contribution in [0.5, 0.6) is 0 Å². The van der Waals surface area contributed by atoms with Crippen LogP contribution < -0.4 is 10.6 Å². The fourth-order valence-corrected chi connectivity index (χ4v) is 4.09. The van der Waals surface area contributed by atoms with Gasteiger partial charge in [0.25, 0.3) is 5.91 Å². The quantitative estimate of drug-likeness (QED) is 0.448. The van der Waals surface area contributed by atoms with Gasteiger partial charge in [-0.15, -0.1) is 10.2 Å². The zero-order valence-corrected chi connectivity index (χ0v) is 18.4. The summed E-state index contributed by atoms with van der Waals surface area (Å²) < 4.78 is 7.07. The molecule has 0 aromatic carbocycles. The van der Waals surface area contributed by atoms with Crippen molar-refractivity contribution < 1.29 is 18.8 Å². The number of pyridine rings is 1. The summed E-state index contributed by atoms with van der Waals surface area (Å²) in [7, 11) is 0. The van der Waals surface area contributed by atoms with Gasteiger partial charge in [-0.3, -0.25) is 18.9 Å². The number of nitrogens with zero attached hydrogens (tertiary/aromatic N) is 4. The van der Waals surface area contributed by atoms with E-state index in [0.29, 0.717) is 23.7 Å². The number of rotatable bonds is 10. The van der Waals surface area contributed by atoms with Crippen LogP contribution in [-0.4, -0.2) is 55.4 Å². The predicted octanol–water partition coefficient (Wildman–Crippen LogP) is 2.13. The number of amides is 4. The summed E-state index contributed by atoms with van der Waals surface area (Å²) in [6.45, 7) is 0.0665. The molecule has 4 rings (SSSR count). The van der Waals surface area contributed by atoms with Crippen LogP contribution in [0.15, 0.2) is 47.2 Å². The minimum Gasteiger partial charge on any atom is -0.467 e. The van der Waals surface area contributed by atoms with E-state index in [0.717, 1.165) is 10.7 Å². The van der Waals surface area contributed by atoms with Crippen molar-refractivity contribution in [2.75, 3.05) is 12.0 Å². The van der Waals surface area contributed by atoms with Crippen molar-refractivity contribution in [3.05, 3.63) is 54.4 Å². The van der Waals surface area contributed by atoms with Gasteiger partial charge in [-0.1, -0.05) is 6.07 Å². The Balaban J connectivity index is 1.36. The van der Waals surface area contributed by atoms with Crippen LogP contribution in [0, 0.1) is 0 Å². The average Bonchev–Trinajstić information content (AvgIpc) is 3.52. The number of fused-ring (bicyclic) bond motifs is 1. The number of carbonyl (C=O) groups is 3. The van der Waals surface area contributed by atoms with Gasteiger partial charge in [0.2, 0.25) is 5.91 Å². The average molecular weight is 457 g/mol. The molecule has 168 valence electrons. The summed E-state index contributed by atoms with van der Waals surface area (Å²) in [5.74, 6) is 1.45. The maximum Gasteiger partial charge on any atom is 0.325 e. The molecule has 0 bridgehead atoms. The molecule has 10 nitrogen and oxygen atoms in total. The fourth-order valence-electron chi connectivity index (χ4n) is 3.62. The molecule has 1 aliphatic rings. The Labute approximate surface area is 188 Å². The van der Waals surface area contributed by atoms with E-state index in [4.69, 9.17) is 4.42 Å². The molecule has 0 saturated carbocycles. The van der Waals surface area contributed by atoms with E-state index in [1.54, 1.807) is 23.9 Å². The molecule has 2 N–H and O–H groups in total. The monoisotopic (exact) mass is 456 g/mol. The molecule has 1 saturated heterocycles. The van der Waals surface area contributed by atoms with Gasteiger partial charge in [0.1, 0.15) is 11.8 Å². The van der Waals surface area contributed by atoms with E-state index in [1.165, 1.54) is 6.26 Å². The molecular weight excluding hydrogens is 432 g/mol. The number of thioether (sulfide) groups is 1. The van der Waals surface area contributed by atoms with Crippen molar-refractivity contribution in [1.82, 2.24) is 30.1 Å². The number of nitrogens with one attached hydrogen (secondary N) is 2. The summed E-state index contributed by atoms with van der Waals surface area (Å²) >= 11 is 1.68. The minimum absolute atomic E-state index is 0.0665. The number of imide groups is 1. The van der Waals surface area contributed by atoms with Gasteiger partial charge >= 0.3 is 6.03 Å². The smallest absolute Gasteiger partial charge is 0.325 e. The molecule has 32 heavy (non-hydrogen) atoms. The molecule has 0 aliphatic carbocycles. The van der Waals surface area contributed by atoms with Gasteiger partial charge in [-0.25, -0.2) is 4.79 Å². The minimum atomic E-state index is -0.734. The lowest BCUT2D eigenvalue weighted by molar-refractivity contribution is -0.128. The largest absolute Gasteiger partial charge is 0.467 e. The van der Waals surface area contributed by atoms with Crippen molar-refractivity contribution in [3.8, 4) is 0 Å². The lowest BCUT2D eigenvalue weighted by Crippen LogP contribution is -2.34. The highest BCUT2D eigenvalue weighted by atomic mass is 32.2. The Bertz CT molecular complexity index is 1100. The number of aromatic nitrogens is 3. The van der Waals surface area contributed by atoms with E-state index in [-0.39, 0.29) is 37.2 Å². The molecule has 2 atom stereocenters. The van der Waals surface area contributed by atoms with Crippen molar-refractivity contribution >= 4 is 35.3 Å². The van der Waals surface area contributed by atoms with Gasteiger partial charge in [0.15, 0.2) is 11.5 Å². The second kappa shape index (κ2) is 9.86. The lowest BCUT2D eigenvalue weighted by Gasteiger charge is -2.17. The third-order valence-corrected chi connectivity index (χ3v) is 5.90. The van der Waals surface area contributed by atoms with Gasteiger partial charge < -0.3 is 15.1 Å². The summed E-state index contributed by atoms with van der Waals surface area (Å²) in [5.41, 5.74) is 0.710. The molecular formula is C21H24N6O4S. The first kappa shape index (κ1) is 21.9. The second-order valence-corrected chi connectivity index (χ2v) is 8.42. The normalized spacial score (nSPS) is 17.0. The maximum atomic E-state index is 12.7. The van der Waals surface area contributed by atoms with Gasteiger partial charge in [-0.2, -0.15) is 11.8 Å². The predicted molar refractivity (Wildman–Crippen MR) is 118 cm³/mol. The van der Waals surface area contributed by atoms with Crippen LogP contribution >= 0.6 is 11.8 Å². The molecule has 1 fully saturated rings. The van der Waals surface area contributed by atoms with Crippen LogP contribution in [0.3, 0.4) is 0 Å². The Morgan fingerprint density at radius 1 is 1.28 bits per heavy atom. The van der Waals surface area contributed by atoms with E-state index in [1.807, 2.05) is 35.1 Å². The van der Waals surface area contributed by atoms with Crippen LogP contribution in [0.1, 0.15) is 36.9 Å². The maximum absolute atomic E-state index is 12.7. The number of hydrogen-bond acceptors (Lipinski definition) is 7. The van der Waals surface area contributed by atoms with Crippen molar-refractivity contribution in [1.29, 1.82) is 0 Å². The molecule has 3 aromatic heterocycles. The van der Waals surface area contributed by atoms with Crippen LogP contribution in [0.2, 0.25) is 0 Å². The summed E-state index contributed by atoms with van der Waals surface area (Å²) in [6, 6.07) is 7.49. The number of urea groups is 1. The molecule has 0 unspecified atom stereocenters. The first-order chi connectivity index (χ1) is 15.6. The van der Waals surface area contributed by atoms with E-state index < -0.39 is 12.1 Å². The highest BCUT2D eigenvalue weighted by Gasteiger charge is 2.38. The molecule has 3 aromatic rings. The third-order valence-electron chi connectivity index (χ3n) is 5.26. The molecule has 0 spiro atoms. The zero-order chi connectivity index (χ0) is 22.5. The SMILES string of the molecule is CSCC[C@@H](NC(=O)CC[C@H]1NC(=O)N(Cc2ccco2)C1=O)c1nnc2ccccn12. The second-order valence-electron chi connectivity index (χ2n) is 7.43. The summed E-state index contributed by atoms with van der Waals surface area (Å²) in [6.07, 6.45) is 6.35. The first-order valence-electron chi connectivity index (χ1n) is 10.3. The molecule has 0 radical (unpaired) electrons. The zero-order valence-electron chi connectivity index (χ0n) is 17.6. The van der Waals surface area contributed by atoms with Crippen molar-refractivity contribution in [2.45, 2.75) is 37.9 Å². The fraction of sp³-hybridized carbons (Fsp3) is 0.381. The van der Waals surface area contributed by atoms with Gasteiger partial charge in [0.05, 0.1) is 18.8 Å². The summed E-state index contributed by atoms with van der Waals surface area (Å²) in [4.78, 5) is 38.6. The third kappa shape index (κ3) is 4.77. The molecule has 4 amide bonds. The highest BCUT2D eigenvalue weighted by molar-refractivity contribution is 7.98. The van der Waals surface area contributed by atoms with Crippen molar-refractivity contribution in [2.24, 2.45) is 0 Å². The lowest BCUT2D eigenvalue weighted by atomic mass is 10.1. The summed E-state index contributed by atoms with van der Waals surface area (Å²) in [5, 5.41) is 14.1. The van der Waals surface area contributed by atoms with Crippen LogP contribution in [0.25, 0.3) is 5.65 Å². The Kier molecular flexibility index (Phi) is 6.74. The standard InChI is InChI=1S/C21H24N6O4S/c1-32-12-9-15(19-25-24-17-6-2-3-10-26(17)19)22-18(28)8-7-16-20(29)27(21(30)23-16)13-14-5-4-11-31-14/h2-6,10-11,15-16H,7-9,12-13H2,1H3,(H,22,28)(H,23,30)/t15-,16-/m1/s1. The van der Waals surface area contributed by atoms with E-state index in [9.17, 15) is 14.4 Å². The number of carbonyl (C=O) groups excluding carboxylic acids is 3. The van der Waals surface area contributed by atoms with Crippen molar-refractivity contribution in [3.63, 3.8) is 0 Å². The number of hydrogen-bond donors (Lipinski definition) is 2. The molecule has 11 heteroatoms.